The lowest BCUT2D eigenvalue weighted by Crippen LogP contribution is -2.23. The molecule has 4 rings (SSSR count). The van der Waals surface area contributed by atoms with E-state index >= 15 is 0 Å². The van der Waals surface area contributed by atoms with E-state index < -0.39 is 11.6 Å². The molecule has 30 heavy (non-hydrogen) atoms. The third kappa shape index (κ3) is 3.78. The molecule has 3 aromatic rings. The summed E-state index contributed by atoms with van der Waals surface area (Å²) in [6, 6.07) is 11.2. The van der Waals surface area contributed by atoms with Crippen LogP contribution in [0.5, 0.6) is 5.75 Å². The second kappa shape index (κ2) is 8.02. The Morgan fingerprint density at radius 1 is 1.17 bits per heavy atom. The van der Waals surface area contributed by atoms with Crippen molar-refractivity contribution in [2.75, 3.05) is 11.4 Å². The fourth-order valence-electron chi connectivity index (χ4n) is 3.66. The van der Waals surface area contributed by atoms with E-state index in [9.17, 15) is 19.5 Å². The predicted octanol–water partition coefficient (Wildman–Crippen LogP) is 3.54. The largest absolute Gasteiger partial charge is 0.508 e. The molecule has 2 aromatic carbocycles. The Kier molecular flexibility index (Phi) is 5.27. The first kappa shape index (κ1) is 19.7. The van der Waals surface area contributed by atoms with Gasteiger partial charge in [0.1, 0.15) is 17.9 Å². The lowest BCUT2D eigenvalue weighted by Gasteiger charge is -2.16. The van der Waals surface area contributed by atoms with Crippen molar-refractivity contribution in [2.45, 2.75) is 32.8 Å². The third-order valence-electron chi connectivity index (χ3n) is 5.24. The van der Waals surface area contributed by atoms with Crippen molar-refractivity contribution in [3.8, 4) is 5.75 Å². The molecule has 1 amide bonds. The van der Waals surface area contributed by atoms with E-state index in [4.69, 9.17) is 9.15 Å². The van der Waals surface area contributed by atoms with Crippen molar-refractivity contribution in [3.05, 3.63) is 69.6 Å². The standard InChI is InChI=1S/C23H21NO6/c1-2-14-10-18-16(11-22(27)30-20(18)12-19(14)25)13-29-23(28)15-5-3-6-17(9-15)24-8-4-7-21(24)26/h3,5-6,9-12,25H,2,4,7-8,13H2,1H3. The maximum atomic E-state index is 12.6. The molecule has 0 aliphatic carbocycles. The Labute approximate surface area is 172 Å². The number of rotatable bonds is 5. The molecule has 0 bridgehead atoms. The van der Waals surface area contributed by atoms with E-state index in [-0.39, 0.29) is 23.8 Å². The highest BCUT2D eigenvalue weighted by molar-refractivity contribution is 5.97. The molecule has 1 saturated heterocycles. The summed E-state index contributed by atoms with van der Waals surface area (Å²) < 4.78 is 10.6. The lowest BCUT2D eigenvalue weighted by atomic mass is 10.0. The van der Waals surface area contributed by atoms with Gasteiger partial charge in [-0.25, -0.2) is 9.59 Å². The van der Waals surface area contributed by atoms with Crippen LogP contribution in [0.3, 0.4) is 0 Å². The van der Waals surface area contributed by atoms with Gasteiger partial charge < -0.3 is 19.2 Å². The summed E-state index contributed by atoms with van der Waals surface area (Å²) in [4.78, 5) is 38.1. The second-order valence-corrected chi connectivity index (χ2v) is 7.20. The molecule has 154 valence electrons. The summed E-state index contributed by atoms with van der Waals surface area (Å²) in [7, 11) is 0. The Bertz CT molecular complexity index is 1200. The van der Waals surface area contributed by atoms with Gasteiger partial charge in [-0.1, -0.05) is 13.0 Å². The minimum Gasteiger partial charge on any atom is -0.508 e. The molecule has 0 unspecified atom stereocenters. The topological polar surface area (TPSA) is 97.0 Å². The lowest BCUT2D eigenvalue weighted by molar-refractivity contribution is -0.117. The third-order valence-corrected chi connectivity index (χ3v) is 5.24. The number of anilines is 1. The average molecular weight is 407 g/mol. The predicted molar refractivity (Wildman–Crippen MR) is 111 cm³/mol. The number of carbonyl (C=O) groups excluding carboxylic acids is 2. The number of hydrogen-bond acceptors (Lipinski definition) is 6. The number of ether oxygens (including phenoxy) is 1. The Balaban J connectivity index is 1.58. The number of phenols is 1. The van der Waals surface area contributed by atoms with Gasteiger partial charge in [-0.05, 0) is 42.7 Å². The fraction of sp³-hybridized carbons (Fsp3) is 0.261. The van der Waals surface area contributed by atoms with Crippen LogP contribution >= 0.6 is 0 Å². The Morgan fingerprint density at radius 2 is 2.00 bits per heavy atom. The van der Waals surface area contributed by atoms with Crippen LogP contribution in [0.2, 0.25) is 0 Å². The number of aryl methyl sites for hydroxylation is 1. The van der Waals surface area contributed by atoms with Gasteiger partial charge in [-0.3, -0.25) is 4.79 Å². The molecule has 1 fully saturated rings. The summed E-state index contributed by atoms with van der Waals surface area (Å²) in [5.74, 6) is -0.465. The smallest absolute Gasteiger partial charge is 0.338 e. The van der Waals surface area contributed by atoms with Gasteiger partial charge in [0.15, 0.2) is 0 Å². The summed E-state index contributed by atoms with van der Waals surface area (Å²) in [5.41, 5.74) is 1.83. The first-order valence-electron chi connectivity index (χ1n) is 9.82. The van der Waals surface area contributed by atoms with E-state index in [1.807, 2.05) is 6.92 Å². The van der Waals surface area contributed by atoms with Crippen LogP contribution in [0, 0.1) is 0 Å². The van der Waals surface area contributed by atoms with Gasteiger partial charge >= 0.3 is 11.6 Å². The van der Waals surface area contributed by atoms with Crippen LogP contribution in [0.4, 0.5) is 5.69 Å². The second-order valence-electron chi connectivity index (χ2n) is 7.20. The van der Waals surface area contributed by atoms with Crippen molar-refractivity contribution >= 4 is 28.5 Å². The minimum atomic E-state index is -0.591. The van der Waals surface area contributed by atoms with Crippen LogP contribution in [0.15, 0.2) is 51.7 Å². The van der Waals surface area contributed by atoms with Crippen LogP contribution in [-0.2, 0) is 22.6 Å². The molecule has 1 aliphatic heterocycles. The number of amides is 1. The maximum absolute atomic E-state index is 12.6. The number of fused-ring (bicyclic) bond motifs is 1. The van der Waals surface area contributed by atoms with Gasteiger partial charge in [0.2, 0.25) is 5.91 Å². The normalized spacial score (nSPS) is 13.8. The van der Waals surface area contributed by atoms with Gasteiger partial charge in [-0.2, -0.15) is 0 Å². The summed E-state index contributed by atoms with van der Waals surface area (Å²) in [6.45, 7) is 2.41. The molecule has 1 aliphatic rings. The van der Waals surface area contributed by atoms with Crippen molar-refractivity contribution in [3.63, 3.8) is 0 Å². The van der Waals surface area contributed by atoms with Crippen LogP contribution in [0.1, 0.15) is 41.3 Å². The summed E-state index contributed by atoms with van der Waals surface area (Å²) in [6.07, 6.45) is 1.91. The Hall–Kier alpha value is -3.61. The first-order valence-corrected chi connectivity index (χ1v) is 9.82. The average Bonchev–Trinajstić information content (AvgIpc) is 3.17. The number of carbonyl (C=O) groups is 2. The molecular formula is C23H21NO6. The number of phenolic OH excluding ortho intramolecular Hbond substituents is 1. The maximum Gasteiger partial charge on any atom is 0.338 e. The highest BCUT2D eigenvalue weighted by Crippen LogP contribution is 2.28. The molecule has 0 radical (unpaired) electrons. The SMILES string of the molecule is CCc1cc2c(COC(=O)c3cccc(N4CCCC4=O)c3)cc(=O)oc2cc1O. The highest BCUT2D eigenvalue weighted by atomic mass is 16.5. The van der Waals surface area contributed by atoms with Crippen molar-refractivity contribution < 1.29 is 23.8 Å². The van der Waals surface area contributed by atoms with Gasteiger partial charge in [0, 0.05) is 41.7 Å². The zero-order valence-corrected chi connectivity index (χ0v) is 16.5. The highest BCUT2D eigenvalue weighted by Gasteiger charge is 2.22. The zero-order chi connectivity index (χ0) is 21.3. The number of hydrogen-bond donors (Lipinski definition) is 1. The molecular weight excluding hydrogens is 386 g/mol. The van der Waals surface area contributed by atoms with E-state index in [0.29, 0.717) is 47.2 Å². The summed E-state index contributed by atoms with van der Waals surface area (Å²) in [5, 5.41) is 10.6. The van der Waals surface area contributed by atoms with Crippen LogP contribution in [-0.4, -0.2) is 23.5 Å². The molecule has 1 N–H and O–H groups in total. The van der Waals surface area contributed by atoms with E-state index in [1.54, 1.807) is 35.2 Å². The fourth-order valence-corrected chi connectivity index (χ4v) is 3.66. The molecule has 1 aromatic heterocycles. The number of aromatic hydroxyl groups is 1. The molecule has 7 nitrogen and oxygen atoms in total. The molecule has 0 spiro atoms. The van der Waals surface area contributed by atoms with Gasteiger partial charge in [0.25, 0.3) is 0 Å². The van der Waals surface area contributed by atoms with Gasteiger partial charge in [0.05, 0.1) is 5.56 Å². The molecule has 0 atom stereocenters. The van der Waals surface area contributed by atoms with E-state index in [1.165, 1.54) is 12.1 Å². The Morgan fingerprint density at radius 3 is 2.73 bits per heavy atom. The molecule has 0 saturated carbocycles. The quantitative estimate of drug-likeness (QED) is 0.513. The minimum absolute atomic E-state index is 0.0398. The van der Waals surface area contributed by atoms with Crippen LogP contribution in [0.25, 0.3) is 11.0 Å². The van der Waals surface area contributed by atoms with Crippen molar-refractivity contribution in [1.29, 1.82) is 0 Å². The summed E-state index contributed by atoms with van der Waals surface area (Å²) >= 11 is 0. The van der Waals surface area contributed by atoms with Crippen molar-refractivity contribution in [2.24, 2.45) is 0 Å². The van der Waals surface area contributed by atoms with Gasteiger partial charge in [-0.15, -0.1) is 0 Å². The van der Waals surface area contributed by atoms with E-state index in [0.717, 1.165) is 6.42 Å². The molecule has 2 heterocycles. The van der Waals surface area contributed by atoms with Crippen LogP contribution < -0.4 is 10.5 Å². The first-order chi connectivity index (χ1) is 14.5. The monoisotopic (exact) mass is 407 g/mol. The number of benzene rings is 2. The number of esters is 1. The van der Waals surface area contributed by atoms with E-state index in [2.05, 4.69) is 0 Å². The zero-order valence-electron chi connectivity index (χ0n) is 16.5. The number of nitrogens with zero attached hydrogens (tertiary/aromatic N) is 1. The van der Waals surface area contributed by atoms with Crippen molar-refractivity contribution in [1.82, 2.24) is 0 Å². The molecule has 7 heteroatoms.